The number of Topliss-reactive ketones (excluding diaryl/α,β-unsaturated/α-hetero) is 4. The molecule has 0 saturated heterocycles. The van der Waals surface area contributed by atoms with Crippen LogP contribution in [0.2, 0.25) is 0 Å². The van der Waals surface area contributed by atoms with Crippen molar-refractivity contribution < 1.29 is 33.9 Å². The molecule has 2 fully saturated rings. The topological polar surface area (TPSA) is 255 Å². The summed E-state index contributed by atoms with van der Waals surface area (Å²) in [5.41, 5.74) is 12.8. The summed E-state index contributed by atoms with van der Waals surface area (Å²) in [4.78, 5) is 84.2. The Morgan fingerprint density at radius 2 is 1.70 bits per heavy atom. The Hall–Kier alpha value is -4.39. The smallest absolute Gasteiger partial charge is 0.315 e. The van der Waals surface area contributed by atoms with E-state index in [1.807, 2.05) is 20.8 Å². The maximum absolute atomic E-state index is 14.6. The number of primary amides is 1. The standard InChI is InChI=1S/C31H42N8O7/c1-28(2,3)13-37-27(46)36-10-14-8-16(38(4)5)15-9-29(34)11-31(35)23(39(6)7)22(42)18(26(33)45)24(43)30(31,12-32)25(44)19(29)21(41)17(15)20(14)40/h8,18-19,23,40H,9-11,13,34-35H2,1-7H3,(H2,33,45)(H2,36,37,46)/t18?,19?,23-,29-,30+,31-/m1/s1. The normalized spacial score (nSPS) is 30.6. The van der Waals surface area contributed by atoms with E-state index in [2.05, 4.69) is 10.6 Å². The molecule has 0 heterocycles. The molecule has 3 aliphatic carbocycles. The molecule has 4 rings (SSSR count). The Bertz CT molecular complexity index is 1610. The number of nitriles is 1. The van der Waals surface area contributed by atoms with Crippen molar-refractivity contribution in [3.05, 3.63) is 22.8 Å². The lowest BCUT2D eigenvalue weighted by atomic mass is 9.42. The molecule has 0 aromatic heterocycles. The van der Waals surface area contributed by atoms with Crippen molar-refractivity contribution in [2.24, 2.45) is 39.9 Å². The molecule has 3 amide bonds. The second-order valence-corrected chi connectivity index (χ2v) is 14.4. The summed E-state index contributed by atoms with van der Waals surface area (Å²) in [5.74, 6) is -10.4. The summed E-state index contributed by atoms with van der Waals surface area (Å²) in [5, 5.41) is 27.4. The maximum atomic E-state index is 14.6. The van der Waals surface area contributed by atoms with Crippen LogP contribution in [0.5, 0.6) is 5.75 Å². The number of nitrogens with one attached hydrogen (secondary N) is 2. The van der Waals surface area contributed by atoms with E-state index in [1.165, 1.54) is 19.0 Å². The molecule has 6 atom stereocenters. The summed E-state index contributed by atoms with van der Waals surface area (Å²) in [6, 6.07) is 1.28. The van der Waals surface area contributed by atoms with Gasteiger partial charge in [0.2, 0.25) is 5.91 Å². The number of carbonyl (C=O) groups excluding carboxylic acids is 6. The van der Waals surface area contributed by atoms with Crippen LogP contribution in [0.15, 0.2) is 6.07 Å². The van der Waals surface area contributed by atoms with Crippen LogP contribution in [0.4, 0.5) is 10.5 Å². The molecule has 0 spiro atoms. The van der Waals surface area contributed by atoms with Gasteiger partial charge in [0.05, 0.1) is 23.2 Å². The molecule has 2 unspecified atom stereocenters. The molecule has 248 valence electrons. The first-order valence-electron chi connectivity index (χ1n) is 14.8. The molecule has 15 heteroatoms. The van der Waals surface area contributed by atoms with E-state index in [4.69, 9.17) is 17.2 Å². The minimum Gasteiger partial charge on any atom is -0.507 e. The minimum atomic E-state index is -2.83. The Labute approximate surface area is 266 Å². The average Bonchev–Trinajstić information content (AvgIpc) is 2.89. The van der Waals surface area contributed by atoms with Crippen LogP contribution in [-0.4, -0.2) is 96.9 Å². The van der Waals surface area contributed by atoms with Gasteiger partial charge in [0, 0.05) is 44.0 Å². The van der Waals surface area contributed by atoms with Gasteiger partial charge in [-0.15, -0.1) is 0 Å². The lowest BCUT2D eigenvalue weighted by molar-refractivity contribution is -0.166. The van der Waals surface area contributed by atoms with Gasteiger partial charge >= 0.3 is 6.03 Å². The Balaban J connectivity index is 1.88. The first-order chi connectivity index (χ1) is 21.1. The second-order valence-electron chi connectivity index (χ2n) is 14.4. The minimum absolute atomic E-state index is 0.165. The van der Waals surface area contributed by atoms with Crippen LogP contribution < -0.4 is 32.7 Å². The number of rotatable bonds is 6. The maximum Gasteiger partial charge on any atom is 0.315 e. The number of hydrogen-bond donors (Lipinski definition) is 6. The van der Waals surface area contributed by atoms with Gasteiger partial charge in [-0.2, -0.15) is 5.26 Å². The van der Waals surface area contributed by atoms with Crippen LogP contribution in [0.3, 0.4) is 0 Å². The molecule has 2 saturated carbocycles. The van der Waals surface area contributed by atoms with E-state index in [-0.39, 0.29) is 35.1 Å². The summed E-state index contributed by atoms with van der Waals surface area (Å²) in [6.45, 7) is 6.02. The third-order valence-electron chi connectivity index (χ3n) is 9.35. The third kappa shape index (κ3) is 4.91. The molecule has 3 aliphatic rings. The van der Waals surface area contributed by atoms with Crippen molar-refractivity contribution in [3.63, 3.8) is 0 Å². The number of anilines is 1. The van der Waals surface area contributed by atoms with Crippen LogP contribution in [0.25, 0.3) is 0 Å². The Kier molecular flexibility index (Phi) is 8.35. The Morgan fingerprint density at radius 3 is 2.20 bits per heavy atom. The van der Waals surface area contributed by atoms with Crippen molar-refractivity contribution in [3.8, 4) is 11.8 Å². The zero-order valence-electron chi connectivity index (χ0n) is 27.1. The van der Waals surface area contributed by atoms with Crippen molar-refractivity contribution in [1.82, 2.24) is 15.5 Å². The lowest BCUT2D eigenvalue weighted by Gasteiger charge is -2.60. The first-order valence-corrected chi connectivity index (χ1v) is 14.8. The highest BCUT2D eigenvalue weighted by Crippen LogP contribution is 2.57. The molecule has 1 aromatic rings. The average molecular weight is 639 g/mol. The molecule has 0 bridgehead atoms. The number of likely N-dealkylation sites (N-methyl/N-ethyl adjacent to an activating group) is 1. The van der Waals surface area contributed by atoms with Crippen LogP contribution in [-0.2, 0) is 32.1 Å². The fourth-order valence-corrected chi connectivity index (χ4v) is 7.43. The van der Waals surface area contributed by atoms with E-state index in [9.17, 15) is 39.1 Å². The number of urea groups is 1. The number of benzene rings is 1. The molecule has 1 aromatic carbocycles. The Morgan fingerprint density at radius 1 is 1.09 bits per heavy atom. The first kappa shape index (κ1) is 34.5. The van der Waals surface area contributed by atoms with E-state index in [0.717, 1.165) is 0 Å². The highest BCUT2D eigenvalue weighted by Gasteiger charge is 2.78. The van der Waals surface area contributed by atoms with Crippen LogP contribution >= 0.6 is 0 Å². The van der Waals surface area contributed by atoms with E-state index >= 15 is 0 Å². The fourth-order valence-electron chi connectivity index (χ4n) is 7.43. The van der Waals surface area contributed by atoms with Gasteiger partial charge in [-0.25, -0.2) is 4.79 Å². The molecular weight excluding hydrogens is 596 g/mol. The number of fused-ring (bicyclic) bond motifs is 3. The number of phenols is 1. The predicted molar refractivity (Wildman–Crippen MR) is 165 cm³/mol. The van der Waals surface area contributed by atoms with Crippen molar-refractivity contribution >= 4 is 40.8 Å². The van der Waals surface area contributed by atoms with Gasteiger partial charge < -0.3 is 37.8 Å². The van der Waals surface area contributed by atoms with Crippen molar-refractivity contribution in [2.45, 2.75) is 57.3 Å². The van der Waals surface area contributed by atoms with E-state index in [1.54, 1.807) is 31.1 Å². The molecule has 0 radical (unpaired) electrons. The van der Waals surface area contributed by atoms with Gasteiger partial charge in [-0.05, 0) is 44.0 Å². The highest BCUT2D eigenvalue weighted by atomic mass is 16.3. The van der Waals surface area contributed by atoms with Gasteiger partial charge in [0.1, 0.15) is 11.7 Å². The second kappa shape index (κ2) is 11.1. The number of ketones is 4. The van der Waals surface area contributed by atoms with Crippen LogP contribution in [0.1, 0.15) is 48.7 Å². The molecule has 9 N–H and O–H groups in total. The number of phenolic OH excluding ortho intramolecular Hbond substituents is 1. The van der Waals surface area contributed by atoms with E-state index < -0.39 is 81.6 Å². The summed E-state index contributed by atoms with van der Waals surface area (Å²) >= 11 is 0. The molecule has 0 aliphatic heterocycles. The fraction of sp³-hybridized carbons (Fsp3) is 0.581. The number of aromatic hydroxyl groups is 1. The molecule has 46 heavy (non-hydrogen) atoms. The summed E-state index contributed by atoms with van der Waals surface area (Å²) < 4.78 is 0. The number of amides is 3. The van der Waals surface area contributed by atoms with Gasteiger partial charge in [-0.1, -0.05) is 20.8 Å². The van der Waals surface area contributed by atoms with Gasteiger partial charge in [0.25, 0.3) is 0 Å². The SMILES string of the molecule is CN(C)c1cc(CNC(=O)NCC(C)(C)C)c(O)c2c1C[C@@]1(N)C[C@@]3(N)[C@H](N(C)C)C(=O)C(C(N)=O)C(=O)[C@@]3(C#N)C(=O)C1C2=O. The zero-order valence-corrected chi connectivity index (χ0v) is 27.1. The third-order valence-corrected chi connectivity index (χ3v) is 9.35. The summed E-state index contributed by atoms with van der Waals surface area (Å²) in [6.07, 6.45) is -0.709. The van der Waals surface area contributed by atoms with Crippen molar-refractivity contribution in [1.29, 1.82) is 5.26 Å². The lowest BCUT2D eigenvalue weighted by Crippen LogP contribution is -2.85. The monoisotopic (exact) mass is 638 g/mol. The molecular formula is C31H42N8O7. The molecule has 15 nitrogen and oxygen atoms in total. The number of carbonyl (C=O) groups is 6. The number of nitrogens with two attached hydrogens (primary N) is 3. The quantitative estimate of drug-likeness (QED) is 0.199. The zero-order chi connectivity index (χ0) is 34.9. The number of hydrogen-bond acceptors (Lipinski definition) is 12. The predicted octanol–water partition coefficient (Wildman–Crippen LogP) is -1.28. The number of nitrogens with zero attached hydrogens (tertiary/aromatic N) is 3. The van der Waals surface area contributed by atoms with Gasteiger partial charge in [0.15, 0.2) is 34.5 Å². The summed E-state index contributed by atoms with van der Waals surface area (Å²) in [7, 11) is 6.27. The van der Waals surface area contributed by atoms with Crippen molar-refractivity contribution in [2.75, 3.05) is 39.6 Å². The highest BCUT2D eigenvalue weighted by molar-refractivity contribution is 6.33. The van der Waals surface area contributed by atoms with Crippen LogP contribution in [0, 0.1) is 34.0 Å². The van der Waals surface area contributed by atoms with E-state index in [0.29, 0.717) is 12.2 Å². The largest absolute Gasteiger partial charge is 0.507 e. The van der Waals surface area contributed by atoms with Gasteiger partial charge in [-0.3, -0.25) is 28.9 Å².